The summed E-state index contributed by atoms with van der Waals surface area (Å²) < 4.78 is 30.4. The van der Waals surface area contributed by atoms with E-state index in [4.69, 9.17) is 4.74 Å². The van der Waals surface area contributed by atoms with Gasteiger partial charge in [0.15, 0.2) is 5.82 Å². The van der Waals surface area contributed by atoms with E-state index in [2.05, 4.69) is 42.4 Å². The highest BCUT2D eigenvalue weighted by Crippen LogP contribution is 2.36. The third kappa shape index (κ3) is 3.91. The van der Waals surface area contributed by atoms with Crippen LogP contribution in [-0.2, 0) is 34.6 Å². The SMILES string of the molecule is Cc1c(N2CCc3cnc(Nc4cnc(C[S+]=O)c(F)c4)nc3C2)cnc2c1NCCO2. The molecule has 0 unspecified atom stereocenters. The van der Waals surface area contributed by atoms with E-state index in [0.29, 0.717) is 30.7 Å². The number of ether oxygens (including phenoxy) is 1. The first-order valence-electron chi connectivity index (χ1n) is 10.2. The molecule has 0 aromatic carbocycles. The highest BCUT2D eigenvalue weighted by atomic mass is 32.1. The lowest BCUT2D eigenvalue weighted by atomic mass is 10.0. The highest BCUT2D eigenvalue weighted by molar-refractivity contribution is 7.64. The molecule has 9 nitrogen and oxygen atoms in total. The summed E-state index contributed by atoms with van der Waals surface area (Å²) in [4.78, 5) is 19.8. The summed E-state index contributed by atoms with van der Waals surface area (Å²) in [6, 6.07) is 1.30. The monoisotopic (exact) mass is 454 g/mol. The van der Waals surface area contributed by atoms with Gasteiger partial charge in [0, 0.05) is 35.1 Å². The molecule has 0 aliphatic carbocycles. The molecule has 0 atom stereocenters. The largest absolute Gasteiger partial charge is 0.474 e. The van der Waals surface area contributed by atoms with Gasteiger partial charge in [-0.3, -0.25) is 4.98 Å². The predicted octanol–water partition coefficient (Wildman–Crippen LogP) is 2.75. The molecule has 3 aromatic heterocycles. The van der Waals surface area contributed by atoms with Crippen LogP contribution in [0.25, 0.3) is 0 Å². The van der Waals surface area contributed by atoms with Crippen molar-refractivity contribution < 1.29 is 13.3 Å². The quantitative estimate of drug-likeness (QED) is 0.563. The van der Waals surface area contributed by atoms with Crippen molar-refractivity contribution in [2.75, 3.05) is 35.2 Å². The summed E-state index contributed by atoms with van der Waals surface area (Å²) in [6.45, 7) is 4.88. The van der Waals surface area contributed by atoms with Gasteiger partial charge in [-0.25, -0.2) is 19.3 Å². The molecule has 164 valence electrons. The average molecular weight is 455 g/mol. The van der Waals surface area contributed by atoms with Crippen LogP contribution in [0, 0.1) is 12.7 Å². The molecule has 2 aliphatic heterocycles. The summed E-state index contributed by atoms with van der Waals surface area (Å²) in [6.07, 6.45) is 5.94. The zero-order valence-corrected chi connectivity index (χ0v) is 18.2. The minimum Gasteiger partial charge on any atom is -0.474 e. The molecule has 0 bridgehead atoms. The zero-order chi connectivity index (χ0) is 22.1. The Morgan fingerprint density at radius 3 is 3.03 bits per heavy atom. The van der Waals surface area contributed by atoms with Crippen LogP contribution in [0.5, 0.6) is 5.88 Å². The first kappa shape index (κ1) is 20.4. The molecule has 0 radical (unpaired) electrons. The molecule has 0 spiro atoms. The van der Waals surface area contributed by atoms with E-state index in [1.165, 1.54) is 12.3 Å². The molecular weight excluding hydrogens is 433 g/mol. The summed E-state index contributed by atoms with van der Waals surface area (Å²) in [7, 11) is 0. The lowest BCUT2D eigenvalue weighted by Crippen LogP contribution is -2.32. The van der Waals surface area contributed by atoms with Gasteiger partial charge < -0.3 is 20.3 Å². The number of hydrogen-bond acceptors (Lipinski definition) is 9. The van der Waals surface area contributed by atoms with Gasteiger partial charge in [0.05, 0.1) is 36.0 Å². The van der Waals surface area contributed by atoms with Crippen LogP contribution in [0.2, 0.25) is 0 Å². The van der Waals surface area contributed by atoms with E-state index in [1.807, 2.05) is 12.4 Å². The summed E-state index contributed by atoms with van der Waals surface area (Å²) in [5.41, 5.74) is 5.63. The van der Waals surface area contributed by atoms with Gasteiger partial charge in [-0.15, -0.1) is 0 Å². The van der Waals surface area contributed by atoms with Gasteiger partial charge in [0.25, 0.3) is 5.75 Å². The first-order chi connectivity index (χ1) is 15.6. The molecule has 5 heterocycles. The van der Waals surface area contributed by atoms with E-state index in [-0.39, 0.29) is 23.1 Å². The first-order valence-corrected chi connectivity index (χ1v) is 11.2. The normalized spacial score (nSPS) is 14.6. The molecule has 5 rings (SSSR count). The van der Waals surface area contributed by atoms with E-state index in [1.54, 1.807) is 0 Å². The lowest BCUT2D eigenvalue weighted by Gasteiger charge is -2.32. The van der Waals surface area contributed by atoms with Crippen LogP contribution in [0.15, 0.2) is 24.7 Å². The number of nitrogens with one attached hydrogen (secondary N) is 2. The van der Waals surface area contributed by atoms with E-state index in [0.717, 1.165) is 47.7 Å². The van der Waals surface area contributed by atoms with Gasteiger partial charge in [-0.05, 0) is 18.9 Å². The Morgan fingerprint density at radius 2 is 2.19 bits per heavy atom. The molecule has 11 heteroatoms. The van der Waals surface area contributed by atoms with Gasteiger partial charge in [0.1, 0.15) is 18.0 Å². The Labute approximate surface area is 188 Å². The van der Waals surface area contributed by atoms with E-state index < -0.39 is 5.82 Å². The second kappa shape index (κ2) is 8.58. The van der Waals surface area contributed by atoms with E-state index >= 15 is 0 Å². The van der Waals surface area contributed by atoms with Crippen molar-refractivity contribution in [2.45, 2.75) is 25.6 Å². The lowest BCUT2D eigenvalue weighted by molar-refractivity contribution is 0.310. The fourth-order valence-electron chi connectivity index (χ4n) is 3.92. The average Bonchev–Trinajstić information content (AvgIpc) is 2.81. The maximum absolute atomic E-state index is 14.1. The van der Waals surface area contributed by atoms with Gasteiger partial charge in [0.2, 0.25) is 11.8 Å². The van der Waals surface area contributed by atoms with Crippen molar-refractivity contribution in [2.24, 2.45) is 0 Å². The van der Waals surface area contributed by atoms with Crippen molar-refractivity contribution in [3.8, 4) is 5.88 Å². The molecule has 0 fully saturated rings. The third-order valence-corrected chi connectivity index (χ3v) is 5.97. The van der Waals surface area contributed by atoms with Gasteiger partial charge in [-0.2, -0.15) is 0 Å². The summed E-state index contributed by atoms with van der Waals surface area (Å²) >= 11 is 0.283. The molecule has 0 saturated heterocycles. The summed E-state index contributed by atoms with van der Waals surface area (Å²) in [5, 5.41) is 6.38. The standard InChI is InChI=1S/C21H21FN7O2S/c1-12-18(9-25-20-19(12)23-3-5-31-20)29-4-2-13-7-26-21(28-16(13)10-29)27-14-6-15(22)17(11-32-30)24-8-14/h6-9,23H,2-5,10-11H2,1H3,(H,26,27,28)/q+1. The number of nitrogens with zero attached hydrogens (tertiary/aromatic N) is 5. The minimum absolute atomic E-state index is 0.0180. The Bertz CT molecular complexity index is 1190. The smallest absolute Gasteiger partial charge is 0.465 e. The van der Waals surface area contributed by atoms with Crippen LogP contribution in [0.4, 0.5) is 27.4 Å². The van der Waals surface area contributed by atoms with Crippen molar-refractivity contribution in [3.63, 3.8) is 0 Å². The number of aromatic nitrogens is 4. The van der Waals surface area contributed by atoms with Crippen molar-refractivity contribution in [3.05, 3.63) is 53.0 Å². The van der Waals surface area contributed by atoms with Crippen LogP contribution in [0.3, 0.4) is 0 Å². The number of hydrogen-bond donors (Lipinski definition) is 2. The molecule has 0 saturated carbocycles. The van der Waals surface area contributed by atoms with Gasteiger partial charge in [-0.1, -0.05) is 0 Å². The predicted molar refractivity (Wildman–Crippen MR) is 119 cm³/mol. The van der Waals surface area contributed by atoms with Crippen molar-refractivity contribution >= 4 is 34.7 Å². The van der Waals surface area contributed by atoms with E-state index in [9.17, 15) is 8.60 Å². The summed E-state index contributed by atoms with van der Waals surface area (Å²) in [5.74, 6) is 0.462. The topological polar surface area (TPSA) is 105 Å². The number of rotatable bonds is 5. The number of pyridine rings is 2. The van der Waals surface area contributed by atoms with Gasteiger partial charge >= 0.3 is 11.7 Å². The second-order valence-corrected chi connectivity index (χ2v) is 8.13. The van der Waals surface area contributed by atoms with Crippen molar-refractivity contribution in [1.82, 2.24) is 19.9 Å². The van der Waals surface area contributed by atoms with Crippen molar-refractivity contribution in [1.29, 1.82) is 0 Å². The van der Waals surface area contributed by atoms with Crippen LogP contribution >= 0.6 is 0 Å². The fraction of sp³-hybridized carbons (Fsp3) is 0.333. The molecular formula is C21H21FN7O2S+. The number of fused-ring (bicyclic) bond motifs is 2. The Hall–Kier alpha value is -3.47. The van der Waals surface area contributed by atoms with Crippen LogP contribution in [0.1, 0.15) is 22.5 Å². The van der Waals surface area contributed by atoms with Crippen LogP contribution < -0.4 is 20.3 Å². The fourth-order valence-corrected chi connectivity index (χ4v) is 4.25. The maximum Gasteiger partial charge on any atom is 0.465 e. The number of halogens is 1. The Morgan fingerprint density at radius 1 is 1.28 bits per heavy atom. The zero-order valence-electron chi connectivity index (χ0n) is 17.4. The third-order valence-electron chi connectivity index (χ3n) is 5.58. The minimum atomic E-state index is -0.532. The molecule has 0 amide bonds. The Balaban J connectivity index is 1.37. The molecule has 3 aromatic rings. The second-order valence-electron chi connectivity index (χ2n) is 7.60. The van der Waals surface area contributed by atoms with Crippen LogP contribution in [-0.4, -0.2) is 39.6 Å². The molecule has 2 aliphatic rings. The molecule has 32 heavy (non-hydrogen) atoms. The Kier molecular flexibility index (Phi) is 5.48. The highest BCUT2D eigenvalue weighted by Gasteiger charge is 2.24. The molecule has 2 N–H and O–H groups in total. The number of anilines is 4. The maximum atomic E-state index is 14.1.